The maximum absolute atomic E-state index is 13.1. The summed E-state index contributed by atoms with van der Waals surface area (Å²) in [4.78, 5) is 23.7. The Hall–Kier alpha value is -3.44. The van der Waals surface area contributed by atoms with Crippen LogP contribution >= 0.6 is 11.6 Å². The van der Waals surface area contributed by atoms with Gasteiger partial charge in [0.25, 0.3) is 0 Å². The number of halogens is 1. The van der Waals surface area contributed by atoms with E-state index in [1.54, 1.807) is 18.5 Å². The number of hydrogen-bond donors (Lipinski definition) is 1. The highest BCUT2D eigenvalue weighted by Gasteiger charge is 2.17. The molecule has 0 amide bonds. The summed E-state index contributed by atoms with van der Waals surface area (Å²) in [5, 5.41) is 2.39. The quantitative estimate of drug-likeness (QED) is 0.402. The molecule has 156 valence electrons. The van der Waals surface area contributed by atoms with Crippen LogP contribution in [0.3, 0.4) is 0 Å². The number of carbonyl (C=O) groups excluding carboxylic acids is 1. The summed E-state index contributed by atoms with van der Waals surface area (Å²) in [6, 6.07) is 19.7. The number of nitrogen functional groups attached to an aromatic ring is 1. The van der Waals surface area contributed by atoms with Crippen molar-refractivity contribution in [2.75, 3.05) is 17.7 Å². The van der Waals surface area contributed by atoms with Gasteiger partial charge in [-0.3, -0.25) is 4.79 Å². The van der Waals surface area contributed by atoms with Gasteiger partial charge in [0.05, 0.1) is 10.6 Å². The van der Waals surface area contributed by atoms with Gasteiger partial charge in [-0.2, -0.15) is 0 Å². The fourth-order valence-corrected chi connectivity index (χ4v) is 3.83. The van der Waals surface area contributed by atoms with E-state index in [9.17, 15) is 4.79 Å². The van der Waals surface area contributed by atoms with Gasteiger partial charge in [-0.15, -0.1) is 0 Å². The van der Waals surface area contributed by atoms with Crippen LogP contribution in [0, 0.1) is 0 Å². The molecule has 31 heavy (non-hydrogen) atoms. The van der Waals surface area contributed by atoms with Crippen molar-refractivity contribution in [3.8, 4) is 0 Å². The van der Waals surface area contributed by atoms with Crippen LogP contribution in [0.1, 0.15) is 27.9 Å². The zero-order valence-electron chi connectivity index (χ0n) is 17.3. The summed E-state index contributed by atoms with van der Waals surface area (Å²) in [6.07, 6.45) is 4.25. The second-order valence-electron chi connectivity index (χ2n) is 7.54. The van der Waals surface area contributed by atoms with Gasteiger partial charge in [0.1, 0.15) is 11.6 Å². The maximum atomic E-state index is 13.1. The van der Waals surface area contributed by atoms with Crippen LogP contribution in [0.4, 0.5) is 11.6 Å². The summed E-state index contributed by atoms with van der Waals surface area (Å²) in [5.74, 6) is 1.16. The minimum atomic E-state index is 0.0132. The highest BCUT2D eigenvalue weighted by molar-refractivity contribution is 6.31. The van der Waals surface area contributed by atoms with Gasteiger partial charge in [-0.1, -0.05) is 60.1 Å². The summed E-state index contributed by atoms with van der Waals surface area (Å²) < 4.78 is 0. The van der Waals surface area contributed by atoms with Crippen molar-refractivity contribution in [1.29, 1.82) is 0 Å². The summed E-state index contributed by atoms with van der Waals surface area (Å²) >= 11 is 6.17. The largest absolute Gasteiger partial charge is 0.383 e. The molecule has 0 aliphatic rings. The van der Waals surface area contributed by atoms with Gasteiger partial charge in [-0.05, 0) is 35.1 Å². The first-order valence-corrected chi connectivity index (χ1v) is 10.5. The number of hydrogen-bond acceptors (Lipinski definition) is 5. The number of aromatic nitrogens is 2. The molecule has 6 heteroatoms. The van der Waals surface area contributed by atoms with E-state index in [4.69, 9.17) is 17.3 Å². The van der Waals surface area contributed by atoms with Crippen molar-refractivity contribution in [1.82, 2.24) is 9.97 Å². The minimum Gasteiger partial charge on any atom is -0.383 e. The Bertz CT molecular complexity index is 1230. The molecule has 0 saturated heterocycles. The van der Waals surface area contributed by atoms with Crippen molar-refractivity contribution in [3.63, 3.8) is 0 Å². The number of anilines is 2. The Morgan fingerprint density at radius 3 is 2.65 bits per heavy atom. The molecule has 4 aromatic rings. The Morgan fingerprint density at radius 2 is 1.84 bits per heavy atom. The van der Waals surface area contributed by atoms with E-state index in [0.717, 1.165) is 21.9 Å². The lowest BCUT2D eigenvalue weighted by atomic mass is 10.0. The van der Waals surface area contributed by atoms with Crippen LogP contribution in [0.25, 0.3) is 10.8 Å². The zero-order valence-corrected chi connectivity index (χ0v) is 18.0. The van der Waals surface area contributed by atoms with Crippen LogP contribution in [0.2, 0.25) is 5.02 Å². The molecule has 0 fully saturated rings. The number of nitrogens with zero attached hydrogens (tertiary/aromatic N) is 3. The molecule has 0 spiro atoms. The number of benzene rings is 2. The van der Waals surface area contributed by atoms with Crippen molar-refractivity contribution < 1.29 is 4.79 Å². The van der Waals surface area contributed by atoms with Gasteiger partial charge < -0.3 is 10.6 Å². The van der Waals surface area contributed by atoms with E-state index in [2.05, 4.69) is 28.2 Å². The number of carbonyl (C=O) groups is 1. The molecule has 5 nitrogen and oxygen atoms in total. The number of pyridine rings is 2. The van der Waals surface area contributed by atoms with Gasteiger partial charge in [0.15, 0.2) is 5.78 Å². The Kier molecular flexibility index (Phi) is 6.14. The molecule has 2 aromatic carbocycles. The van der Waals surface area contributed by atoms with E-state index in [0.29, 0.717) is 41.6 Å². The normalized spacial score (nSPS) is 10.9. The first kappa shape index (κ1) is 20.8. The van der Waals surface area contributed by atoms with E-state index >= 15 is 0 Å². The molecule has 0 saturated carbocycles. The number of rotatable bonds is 7. The van der Waals surface area contributed by atoms with Crippen LogP contribution in [-0.2, 0) is 13.0 Å². The van der Waals surface area contributed by atoms with Crippen LogP contribution in [-0.4, -0.2) is 22.8 Å². The Balaban J connectivity index is 1.52. The lowest BCUT2D eigenvalue weighted by molar-refractivity contribution is 0.0983. The maximum Gasteiger partial charge on any atom is 0.166 e. The molecule has 0 bridgehead atoms. The third-order valence-corrected chi connectivity index (χ3v) is 5.46. The molecule has 4 rings (SSSR count). The predicted octanol–water partition coefficient (Wildman–Crippen LogP) is 5.32. The summed E-state index contributed by atoms with van der Waals surface area (Å²) in [5.41, 5.74) is 8.68. The second kappa shape index (κ2) is 9.14. The van der Waals surface area contributed by atoms with Crippen LogP contribution in [0.15, 0.2) is 73.1 Å². The average Bonchev–Trinajstić information content (AvgIpc) is 2.78. The van der Waals surface area contributed by atoms with E-state index in [1.165, 1.54) is 0 Å². The van der Waals surface area contributed by atoms with Gasteiger partial charge >= 0.3 is 0 Å². The molecule has 2 N–H and O–H groups in total. The SMILES string of the molecule is CN(Cc1ccccc1)c1ncc(Cl)cc1C(=O)CCc1ccc2c(N)nccc2c1. The summed E-state index contributed by atoms with van der Waals surface area (Å²) in [7, 11) is 1.93. The van der Waals surface area contributed by atoms with Gasteiger partial charge in [-0.25, -0.2) is 9.97 Å². The van der Waals surface area contributed by atoms with Gasteiger partial charge in [0, 0.05) is 37.8 Å². The fraction of sp³-hybridized carbons (Fsp3) is 0.160. The molecule has 0 radical (unpaired) electrons. The molecule has 2 heterocycles. The number of ketones is 1. The lowest BCUT2D eigenvalue weighted by Crippen LogP contribution is -2.21. The topological polar surface area (TPSA) is 72.1 Å². The standard InChI is InChI=1S/C25H23ClN4O/c1-30(16-18-5-3-2-4-6-18)25-22(14-20(26)15-29-25)23(31)10-8-17-7-9-21-19(13-17)11-12-28-24(21)27/h2-7,9,11-15H,8,10,16H2,1H3,(H2,27,28). The fourth-order valence-electron chi connectivity index (χ4n) is 3.67. The molecule has 0 atom stereocenters. The second-order valence-corrected chi connectivity index (χ2v) is 7.98. The summed E-state index contributed by atoms with van der Waals surface area (Å²) in [6.45, 7) is 0.649. The molecule has 2 aromatic heterocycles. The highest BCUT2D eigenvalue weighted by Crippen LogP contribution is 2.25. The number of Topliss-reactive ketones (excluding diaryl/α,β-unsaturated/α-hetero) is 1. The van der Waals surface area contributed by atoms with Crippen molar-refractivity contribution in [2.24, 2.45) is 0 Å². The van der Waals surface area contributed by atoms with E-state index in [-0.39, 0.29) is 5.78 Å². The Morgan fingerprint density at radius 1 is 1.03 bits per heavy atom. The lowest BCUT2D eigenvalue weighted by Gasteiger charge is -2.21. The smallest absolute Gasteiger partial charge is 0.166 e. The predicted molar refractivity (Wildman–Crippen MR) is 127 cm³/mol. The third-order valence-electron chi connectivity index (χ3n) is 5.26. The van der Waals surface area contributed by atoms with E-state index < -0.39 is 0 Å². The number of aryl methyl sites for hydroxylation is 1. The van der Waals surface area contributed by atoms with Crippen LogP contribution < -0.4 is 10.6 Å². The average molecular weight is 431 g/mol. The van der Waals surface area contributed by atoms with E-state index in [1.807, 2.05) is 48.3 Å². The molecular weight excluding hydrogens is 408 g/mol. The first-order chi connectivity index (χ1) is 15.0. The number of nitrogens with two attached hydrogens (primary N) is 1. The molecular formula is C25H23ClN4O. The third kappa shape index (κ3) is 4.84. The molecule has 0 aliphatic heterocycles. The monoisotopic (exact) mass is 430 g/mol. The number of fused-ring (bicyclic) bond motifs is 1. The van der Waals surface area contributed by atoms with Crippen molar-refractivity contribution >= 4 is 39.8 Å². The zero-order chi connectivity index (χ0) is 21.8. The van der Waals surface area contributed by atoms with Gasteiger partial charge in [0.2, 0.25) is 0 Å². The van der Waals surface area contributed by atoms with Crippen LogP contribution in [0.5, 0.6) is 0 Å². The van der Waals surface area contributed by atoms with Crippen molar-refractivity contribution in [2.45, 2.75) is 19.4 Å². The first-order valence-electron chi connectivity index (χ1n) is 10.1. The molecule has 0 aliphatic carbocycles. The van der Waals surface area contributed by atoms with Crippen molar-refractivity contribution in [3.05, 3.63) is 94.8 Å². The Labute approximate surface area is 186 Å². The highest BCUT2D eigenvalue weighted by atomic mass is 35.5. The molecule has 0 unspecified atom stereocenters. The minimum absolute atomic E-state index is 0.0132.